The van der Waals surface area contributed by atoms with Crippen LogP contribution < -0.4 is 15.4 Å². The number of carbonyl (C=O) groups excluding carboxylic acids is 3. The van der Waals surface area contributed by atoms with Crippen LogP contribution >= 0.6 is 22.9 Å². The average Bonchev–Trinajstić information content (AvgIpc) is 2.99. The van der Waals surface area contributed by atoms with Gasteiger partial charge in [-0.2, -0.15) is 0 Å². The summed E-state index contributed by atoms with van der Waals surface area (Å²) in [5, 5.41) is 5.37. The molecule has 1 aliphatic heterocycles. The second-order valence-corrected chi connectivity index (χ2v) is 6.84. The standard InChI is InChI=1S/C16H13ClN2O4S/c17-14-5-4-13(24-14)11(20)2-6-15(21)18-9-1-3-12-10(7-9)19-16(22)8-23-12/h1,3-5,7H,2,6,8H2,(H,18,21)(H,19,22). The molecular weight excluding hydrogens is 352 g/mol. The molecule has 2 heterocycles. The number of hydrogen-bond acceptors (Lipinski definition) is 5. The minimum Gasteiger partial charge on any atom is -0.482 e. The number of nitrogens with one attached hydrogen (secondary N) is 2. The van der Waals surface area contributed by atoms with Crippen LogP contribution in [0.15, 0.2) is 30.3 Å². The van der Waals surface area contributed by atoms with Gasteiger partial charge in [-0.25, -0.2) is 0 Å². The summed E-state index contributed by atoms with van der Waals surface area (Å²) in [6, 6.07) is 8.27. The van der Waals surface area contributed by atoms with Crippen molar-refractivity contribution in [3.63, 3.8) is 0 Å². The van der Waals surface area contributed by atoms with Gasteiger partial charge in [0.25, 0.3) is 5.91 Å². The van der Waals surface area contributed by atoms with Gasteiger partial charge in [-0.05, 0) is 30.3 Å². The molecule has 0 unspecified atom stereocenters. The summed E-state index contributed by atoms with van der Waals surface area (Å²) < 4.78 is 5.79. The largest absolute Gasteiger partial charge is 0.482 e. The third kappa shape index (κ3) is 3.93. The number of Topliss-reactive ketones (excluding diaryl/α,β-unsaturated/α-hetero) is 1. The molecule has 124 valence electrons. The maximum Gasteiger partial charge on any atom is 0.262 e. The summed E-state index contributed by atoms with van der Waals surface area (Å²) in [6.45, 7) is -0.0203. The molecule has 0 bridgehead atoms. The van der Waals surface area contributed by atoms with Crippen LogP contribution in [0.2, 0.25) is 4.34 Å². The highest BCUT2D eigenvalue weighted by molar-refractivity contribution is 7.18. The van der Waals surface area contributed by atoms with Gasteiger partial charge >= 0.3 is 0 Å². The fourth-order valence-corrected chi connectivity index (χ4v) is 3.21. The molecule has 1 aromatic carbocycles. The number of ketones is 1. The lowest BCUT2D eigenvalue weighted by Gasteiger charge is -2.18. The van der Waals surface area contributed by atoms with Crippen molar-refractivity contribution < 1.29 is 19.1 Å². The first-order valence-electron chi connectivity index (χ1n) is 7.16. The van der Waals surface area contributed by atoms with Crippen LogP contribution in [0.3, 0.4) is 0 Å². The molecule has 6 nitrogen and oxygen atoms in total. The summed E-state index contributed by atoms with van der Waals surface area (Å²) in [7, 11) is 0. The van der Waals surface area contributed by atoms with E-state index in [4.69, 9.17) is 16.3 Å². The summed E-state index contributed by atoms with van der Waals surface area (Å²) in [4.78, 5) is 35.8. The lowest BCUT2D eigenvalue weighted by molar-refractivity contribution is -0.118. The van der Waals surface area contributed by atoms with E-state index >= 15 is 0 Å². The predicted octanol–water partition coefficient (Wildman–Crippen LogP) is 3.33. The highest BCUT2D eigenvalue weighted by atomic mass is 35.5. The van der Waals surface area contributed by atoms with Crippen molar-refractivity contribution in [1.82, 2.24) is 0 Å². The molecular formula is C16H13ClN2O4S. The van der Waals surface area contributed by atoms with Crippen molar-refractivity contribution in [2.75, 3.05) is 17.2 Å². The van der Waals surface area contributed by atoms with Gasteiger partial charge in [0.15, 0.2) is 12.4 Å². The van der Waals surface area contributed by atoms with Crippen molar-refractivity contribution in [3.8, 4) is 5.75 Å². The quantitative estimate of drug-likeness (QED) is 0.797. The Morgan fingerprint density at radius 1 is 1.25 bits per heavy atom. The number of benzene rings is 1. The second-order valence-electron chi connectivity index (χ2n) is 5.12. The fraction of sp³-hybridized carbons (Fsp3) is 0.188. The number of ether oxygens (including phenoxy) is 1. The predicted molar refractivity (Wildman–Crippen MR) is 92.1 cm³/mol. The highest BCUT2D eigenvalue weighted by Gasteiger charge is 2.17. The molecule has 3 rings (SSSR count). The van der Waals surface area contributed by atoms with Gasteiger partial charge < -0.3 is 15.4 Å². The van der Waals surface area contributed by atoms with Crippen molar-refractivity contribution in [2.24, 2.45) is 0 Å². The van der Waals surface area contributed by atoms with E-state index in [1.807, 2.05) is 0 Å². The summed E-state index contributed by atoms with van der Waals surface area (Å²) in [6.07, 6.45) is 0.168. The SMILES string of the molecule is O=C(CCC(=O)c1ccc(Cl)s1)Nc1ccc2c(c1)NC(=O)CO2. The summed E-state index contributed by atoms with van der Waals surface area (Å²) in [5.41, 5.74) is 1.03. The normalized spacial score (nSPS) is 12.8. The number of thiophene rings is 1. The van der Waals surface area contributed by atoms with Crippen LogP contribution in [0.5, 0.6) is 5.75 Å². The molecule has 2 aromatic rings. The highest BCUT2D eigenvalue weighted by Crippen LogP contribution is 2.30. The molecule has 0 saturated heterocycles. The fourth-order valence-electron chi connectivity index (χ4n) is 2.20. The van der Waals surface area contributed by atoms with Crippen molar-refractivity contribution >= 4 is 51.9 Å². The number of rotatable bonds is 5. The molecule has 8 heteroatoms. The Labute approximate surface area is 146 Å². The summed E-state index contributed by atoms with van der Waals surface area (Å²) >= 11 is 6.99. The number of halogens is 1. The maximum atomic E-state index is 12.0. The molecule has 24 heavy (non-hydrogen) atoms. The van der Waals surface area contributed by atoms with Gasteiger partial charge in [0.05, 0.1) is 14.9 Å². The first-order chi connectivity index (χ1) is 11.5. The van der Waals surface area contributed by atoms with Crippen LogP contribution in [0.1, 0.15) is 22.5 Å². The third-order valence-corrected chi connectivity index (χ3v) is 4.60. The van der Waals surface area contributed by atoms with Crippen LogP contribution in [0, 0.1) is 0 Å². The first-order valence-corrected chi connectivity index (χ1v) is 8.36. The van der Waals surface area contributed by atoms with E-state index in [2.05, 4.69) is 10.6 Å². The van der Waals surface area contributed by atoms with Crippen molar-refractivity contribution in [3.05, 3.63) is 39.5 Å². The lowest BCUT2D eigenvalue weighted by atomic mass is 10.2. The van der Waals surface area contributed by atoms with Crippen LogP contribution in [0.4, 0.5) is 11.4 Å². The van der Waals surface area contributed by atoms with Crippen LogP contribution in [-0.2, 0) is 9.59 Å². The van der Waals surface area contributed by atoms with Gasteiger partial charge in [-0.1, -0.05) is 11.6 Å². The van der Waals surface area contributed by atoms with Gasteiger partial charge in [-0.15, -0.1) is 11.3 Å². The van der Waals surface area contributed by atoms with E-state index in [0.717, 1.165) is 0 Å². The van der Waals surface area contributed by atoms with E-state index in [1.54, 1.807) is 30.3 Å². The number of carbonyl (C=O) groups is 3. The monoisotopic (exact) mass is 364 g/mol. The Morgan fingerprint density at radius 3 is 2.83 bits per heavy atom. The van der Waals surface area contributed by atoms with Gasteiger partial charge in [0, 0.05) is 18.5 Å². The maximum absolute atomic E-state index is 12.0. The zero-order chi connectivity index (χ0) is 17.1. The zero-order valence-electron chi connectivity index (χ0n) is 12.4. The number of hydrogen-bond donors (Lipinski definition) is 2. The van der Waals surface area contributed by atoms with E-state index in [-0.39, 0.29) is 37.0 Å². The molecule has 1 aliphatic rings. The Hall–Kier alpha value is -2.38. The minimum atomic E-state index is -0.283. The number of anilines is 2. The molecule has 0 spiro atoms. The van der Waals surface area contributed by atoms with E-state index < -0.39 is 0 Å². The molecule has 2 amide bonds. The molecule has 1 aromatic heterocycles. The molecule has 2 N–H and O–H groups in total. The second kappa shape index (κ2) is 7.02. The number of amides is 2. The van der Waals surface area contributed by atoms with Crippen LogP contribution in [0.25, 0.3) is 0 Å². The Balaban J connectivity index is 1.56. The van der Waals surface area contributed by atoms with Gasteiger partial charge in [-0.3, -0.25) is 14.4 Å². The van der Waals surface area contributed by atoms with Gasteiger partial charge in [0.2, 0.25) is 5.91 Å². The van der Waals surface area contributed by atoms with Gasteiger partial charge in [0.1, 0.15) is 5.75 Å². The minimum absolute atomic E-state index is 0.0203. The van der Waals surface area contributed by atoms with Crippen molar-refractivity contribution in [1.29, 1.82) is 0 Å². The lowest BCUT2D eigenvalue weighted by Crippen LogP contribution is -2.25. The molecule has 0 saturated carbocycles. The molecule has 0 aliphatic carbocycles. The Morgan fingerprint density at radius 2 is 2.08 bits per heavy atom. The molecule has 0 atom stereocenters. The summed E-state index contributed by atoms with van der Waals surface area (Å²) in [5.74, 6) is -0.0919. The van der Waals surface area contributed by atoms with E-state index in [1.165, 1.54) is 11.3 Å². The average molecular weight is 365 g/mol. The van der Waals surface area contributed by atoms with Crippen molar-refractivity contribution in [2.45, 2.75) is 12.8 Å². The van der Waals surface area contributed by atoms with E-state index in [9.17, 15) is 14.4 Å². The molecule has 0 fully saturated rings. The first kappa shape index (κ1) is 16.5. The van der Waals surface area contributed by atoms with Crippen LogP contribution in [-0.4, -0.2) is 24.2 Å². The molecule has 0 radical (unpaired) electrons. The third-order valence-electron chi connectivity index (χ3n) is 3.32. The van der Waals surface area contributed by atoms with E-state index in [0.29, 0.717) is 26.3 Å². The topological polar surface area (TPSA) is 84.5 Å². The Bertz CT molecular complexity index is 818. The number of fused-ring (bicyclic) bond motifs is 1. The Kier molecular flexibility index (Phi) is 4.82. The smallest absolute Gasteiger partial charge is 0.262 e. The zero-order valence-corrected chi connectivity index (χ0v) is 14.0.